The van der Waals surface area contributed by atoms with E-state index < -0.39 is 5.41 Å². The summed E-state index contributed by atoms with van der Waals surface area (Å²) in [5.74, 6) is -0.103. The molecule has 120 valence electrons. The van der Waals surface area contributed by atoms with Gasteiger partial charge in [-0.2, -0.15) is 0 Å². The average molecular weight is 367 g/mol. The minimum absolute atomic E-state index is 0.0267. The van der Waals surface area contributed by atoms with Crippen molar-refractivity contribution in [2.45, 2.75) is 44.6 Å². The molecule has 0 aromatic heterocycles. The molecule has 1 aliphatic rings. The van der Waals surface area contributed by atoms with Crippen LogP contribution in [0.25, 0.3) is 0 Å². The minimum Gasteiger partial charge on any atom is -0.350 e. The van der Waals surface area contributed by atoms with Crippen LogP contribution in [0.15, 0.2) is 28.7 Å². The molecular weight excluding hydrogens is 344 g/mol. The second-order valence-corrected chi connectivity index (χ2v) is 7.96. The maximum atomic E-state index is 12.7. The maximum absolute atomic E-state index is 12.7. The number of carbonyl (C=O) groups is 2. The molecule has 1 aromatic carbocycles. The third kappa shape index (κ3) is 3.88. The van der Waals surface area contributed by atoms with Gasteiger partial charge in [0.25, 0.3) is 0 Å². The molecule has 0 saturated heterocycles. The number of nitrogens with one attached hydrogen (secondary N) is 1. The Labute approximate surface area is 140 Å². The van der Waals surface area contributed by atoms with Gasteiger partial charge in [0.1, 0.15) is 0 Å². The molecule has 1 aliphatic carbocycles. The fraction of sp³-hybridized carbons (Fsp3) is 0.529. The molecule has 2 rings (SSSR count). The van der Waals surface area contributed by atoms with Gasteiger partial charge in [0.15, 0.2) is 0 Å². The third-order valence-corrected chi connectivity index (χ3v) is 4.33. The number of carbonyl (C=O) groups excluding carboxylic acids is 2. The summed E-state index contributed by atoms with van der Waals surface area (Å²) >= 11 is 3.41. The van der Waals surface area contributed by atoms with Gasteiger partial charge >= 0.3 is 0 Å². The summed E-state index contributed by atoms with van der Waals surface area (Å²) in [5.41, 5.74) is 0.310. The van der Waals surface area contributed by atoms with Gasteiger partial charge in [0.05, 0.1) is 12.0 Å². The second-order valence-electron chi connectivity index (χ2n) is 7.05. The predicted octanol–water partition coefficient (Wildman–Crippen LogP) is 2.85. The van der Waals surface area contributed by atoms with E-state index in [4.69, 9.17) is 0 Å². The van der Waals surface area contributed by atoms with Crippen molar-refractivity contribution in [2.75, 3.05) is 13.6 Å². The summed E-state index contributed by atoms with van der Waals surface area (Å²) in [6.45, 7) is 5.87. The second kappa shape index (κ2) is 6.03. The molecule has 1 fully saturated rings. The Bertz CT molecular complexity index is 571. The SMILES string of the molecule is CN(CC(=O)NC(C)(C)C)C(=O)C1(c2ccc(Br)cc2)CC1. The fourth-order valence-electron chi connectivity index (χ4n) is 2.63. The Morgan fingerprint density at radius 2 is 1.77 bits per heavy atom. The molecule has 0 unspecified atom stereocenters. The van der Waals surface area contributed by atoms with Crippen molar-refractivity contribution in [3.05, 3.63) is 34.3 Å². The zero-order valence-electron chi connectivity index (χ0n) is 13.6. The van der Waals surface area contributed by atoms with Gasteiger partial charge in [-0.3, -0.25) is 9.59 Å². The number of rotatable bonds is 4. The fourth-order valence-corrected chi connectivity index (χ4v) is 2.89. The molecule has 1 N–H and O–H groups in total. The number of nitrogens with zero attached hydrogens (tertiary/aromatic N) is 1. The van der Waals surface area contributed by atoms with Crippen molar-refractivity contribution in [3.8, 4) is 0 Å². The molecule has 0 radical (unpaired) electrons. The Hall–Kier alpha value is -1.36. The van der Waals surface area contributed by atoms with Crippen molar-refractivity contribution >= 4 is 27.7 Å². The smallest absolute Gasteiger partial charge is 0.240 e. The van der Waals surface area contributed by atoms with Crippen LogP contribution in [-0.2, 0) is 15.0 Å². The predicted molar refractivity (Wildman–Crippen MR) is 90.6 cm³/mol. The maximum Gasteiger partial charge on any atom is 0.240 e. The highest BCUT2D eigenvalue weighted by atomic mass is 79.9. The van der Waals surface area contributed by atoms with E-state index in [9.17, 15) is 9.59 Å². The van der Waals surface area contributed by atoms with Gasteiger partial charge in [-0.1, -0.05) is 28.1 Å². The molecule has 1 aromatic rings. The van der Waals surface area contributed by atoms with Crippen LogP contribution < -0.4 is 5.32 Å². The van der Waals surface area contributed by atoms with E-state index in [2.05, 4.69) is 21.2 Å². The lowest BCUT2D eigenvalue weighted by Crippen LogP contribution is -2.48. The van der Waals surface area contributed by atoms with Crippen LogP contribution in [0.5, 0.6) is 0 Å². The first-order valence-corrected chi connectivity index (χ1v) is 8.26. The molecule has 22 heavy (non-hydrogen) atoms. The zero-order chi connectivity index (χ0) is 16.5. The highest BCUT2D eigenvalue weighted by molar-refractivity contribution is 9.10. The third-order valence-electron chi connectivity index (χ3n) is 3.80. The Balaban J connectivity index is 2.04. The van der Waals surface area contributed by atoms with Crippen LogP contribution >= 0.6 is 15.9 Å². The van der Waals surface area contributed by atoms with Crippen LogP contribution in [0.2, 0.25) is 0 Å². The first-order chi connectivity index (χ1) is 10.1. The lowest BCUT2D eigenvalue weighted by molar-refractivity contribution is -0.137. The van der Waals surface area contributed by atoms with E-state index in [0.717, 1.165) is 22.9 Å². The summed E-state index contributed by atoms with van der Waals surface area (Å²) in [6.07, 6.45) is 1.69. The number of likely N-dealkylation sites (N-methyl/N-ethyl adjacent to an activating group) is 1. The molecule has 5 heteroatoms. The average Bonchev–Trinajstić information content (AvgIpc) is 3.17. The summed E-state index contributed by atoms with van der Waals surface area (Å²) in [7, 11) is 1.70. The van der Waals surface area contributed by atoms with Crippen molar-refractivity contribution in [1.29, 1.82) is 0 Å². The summed E-state index contributed by atoms with van der Waals surface area (Å²) in [4.78, 5) is 26.3. The van der Waals surface area contributed by atoms with Crippen LogP contribution in [0.1, 0.15) is 39.2 Å². The molecule has 1 saturated carbocycles. The van der Waals surface area contributed by atoms with Crippen molar-refractivity contribution in [3.63, 3.8) is 0 Å². The van der Waals surface area contributed by atoms with E-state index in [-0.39, 0.29) is 23.9 Å². The highest BCUT2D eigenvalue weighted by Crippen LogP contribution is 2.49. The standard InChI is InChI=1S/C17H23BrN2O2/c1-16(2,3)19-14(21)11-20(4)15(22)17(9-10-17)12-5-7-13(18)8-6-12/h5-8H,9-11H2,1-4H3,(H,19,21). The zero-order valence-corrected chi connectivity index (χ0v) is 15.2. The summed E-state index contributed by atoms with van der Waals surface area (Å²) in [5, 5.41) is 2.88. The van der Waals surface area contributed by atoms with Gasteiger partial charge in [0, 0.05) is 17.1 Å². The normalized spacial score (nSPS) is 16.0. The van der Waals surface area contributed by atoms with Gasteiger partial charge in [-0.25, -0.2) is 0 Å². The molecule has 2 amide bonds. The Kier molecular flexibility index (Phi) is 4.66. The van der Waals surface area contributed by atoms with Gasteiger partial charge in [0.2, 0.25) is 11.8 Å². The number of hydrogen-bond acceptors (Lipinski definition) is 2. The lowest BCUT2D eigenvalue weighted by atomic mass is 9.94. The van der Waals surface area contributed by atoms with E-state index in [1.807, 2.05) is 45.0 Å². The minimum atomic E-state index is -0.433. The molecular formula is C17H23BrN2O2. The largest absolute Gasteiger partial charge is 0.350 e. The van der Waals surface area contributed by atoms with Crippen molar-refractivity contribution in [1.82, 2.24) is 10.2 Å². The molecule has 4 nitrogen and oxygen atoms in total. The first-order valence-electron chi connectivity index (χ1n) is 7.47. The molecule has 0 bridgehead atoms. The van der Waals surface area contributed by atoms with E-state index >= 15 is 0 Å². The van der Waals surface area contributed by atoms with Crippen LogP contribution in [-0.4, -0.2) is 35.8 Å². The molecule has 0 aliphatic heterocycles. The first kappa shape index (κ1) is 17.0. The lowest BCUT2D eigenvalue weighted by Gasteiger charge is -2.26. The van der Waals surface area contributed by atoms with E-state index in [1.165, 1.54) is 4.90 Å². The monoisotopic (exact) mass is 366 g/mol. The number of halogens is 1. The van der Waals surface area contributed by atoms with Crippen LogP contribution in [0, 0.1) is 0 Å². The summed E-state index contributed by atoms with van der Waals surface area (Å²) in [6, 6.07) is 7.88. The van der Waals surface area contributed by atoms with Gasteiger partial charge in [-0.05, 0) is 51.3 Å². The van der Waals surface area contributed by atoms with Gasteiger partial charge < -0.3 is 10.2 Å². The Morgan fingerprint density at radius 1 is 1.23 bits per heavy atom. The molecule has 0 atom stereocenters. The topological polar surface area (TPSA) is 49.4 Å². The number of amides is 2. The summed E-state index contributed by atoms with van der Waals surface area (Å²) < 4.78 is 0.998. The highest BCUT2D eigenvalue weighted by Gasteiger charge is 2.52. The number of hydrogen-bond donors (Lipinski definition) is 1. The van der Waals surface area contributed by atoms with E-state index in [0.29, 0.717) is 0 Å². The van der Waals surface area contributed by atoms with Gasteiger partial charge in [-0.15, -0.1) is 0 Å². The Morgan fingerprint density at radius 3 is 2.23 bits per heavy atom. The van der Waals surface area contributed by atoms with Crippen molar-refractivity contribution < 1.29 is 9.59 Å². The number of benzene rings is 1. The molecule has 0 heterocycles. The van der Waals surface area contributed by atoms with Crippen LogP contribution in [0.4, 0.5) is 0 Å². The molecule has 0 spiro atoms. The quantitative estimate of drug-likeness (QED) is 0.890. The van der Waals surface area contributed by atoms with E-state index in [1.54, 1.807) is 7.05 Å². The van der Waals surface area contributed by atoms with Crippen molar-refractivity contribution in [2.24, 2.45) is 0 Å². The van der Waals surface area contributed by atoms with Crippen LogP contribution in [0.3, 0.4) is 0 Å².